The van der Waals surface area contributed by atoms with Gasteiger partial charge < -0.3 is 4.90 Å². The fraction of sp³-hybridized carbons (Fsp3) is 0.0833. The van der Waals surface area contributed by atoms with E-state index >= 15 is 0 Å². The van der Waals surface area contributed by atoms with Crippen molar-refractivity contribution in [3.8, 4) is 0 Å². The molecule has 0 radical (unpaired) electrons. The third-order valence-electron chi connectivity index (χ3n) is 4.54. The summed E-state index contributed by atoms with van der Waals surface area (Å²) in [5, 5.41) is 0. The summed E-state index contributed by atoms with van der Waals surface area (Å²) in [7, 11) is 2.14. The zero-order chi connectivity index (χ0) is 17.6. The average molecular weight is 325 g/mol. The number of rotatable bonds is 6. The topological polar surface area (TPSA) is 3.24 Å². The predicted molar refractivity (Wildman–Crippen MR) is 110 cm³/mol. The molecule has 0 aromatic heterocycles. The largest absolute Gasteiger partial charge is 0.363 e. The minimum atomic E-state index is 0.148. The summed E-state index contributed by atoms with van der Waals surface area (Å²) < 4.78 is 0. The van der Waals surface area contributed by atoms with Crippen LogP contribution in [-0.4, -0.2) is 7.05 Å². The van der Waals surface area contributed by atoms with Crippen molar-refractivity contribution in [2.75, 3.05) is 11.9 Å². The van der Waals surface area contributed by atoms with Gasteiger partial charge in [-0.1, -0.05) is 92.0 Å². The molecule has 0 unspecified atom stereocenters. The van der Waals surface area contributed by atoms with Gasteiger partial charge in [0.1, 0.15) is 0 Å². The zero-order valence-electron chi connectivity index (χ0n) is 14.6. The molecule has 0 spiro atoms. The maximum atomic E-state index is 3.93. The van der Waals surface area contributed by atoms with E-state index in [1.54, 1.807) is 0 Å². The van der Waals surface area contributed by atoms with Crippen LogP contribution in [0, 0.1) is 0 Å². The van der Waals surface area contributed by atoms with Crippen molar-refractivity contribution < 1.29 is 0 Å². The number of benzene rings is 3. The molecule has 0 N–H and O–H groups in total. The van der Waals surface area contributed by atoms with E-state index < -0.39 is 0 Å². The number of nitrogens with zero attached hydrogens (tertiary/aromatic N) is 1. The van der Waals surface area contributed by atoms with Gasteiger partial charge in [-0.25, -0.2) is 0 Å². The Morgan fingerprint density at radius 3 is 1.72 bits per heavy atom. The molecule has 0 bridgehead atoms. The molecule has 0 aliphatic carbocycles. The molecule has 1 nitrogen and oxygen atoms in total. The second kappa shape index (κ2) is 7.67. The van der Waals surface area contributed by atoms with Gasteiger partial charge in [0.15, 0.2) is 0 Å². The highest BCUT2D eigenvalue weighted by molar-refractivity contribution is 5.69. The van der Waals surface area contributed by atoms with Crippen molar-refractivity contribution in [3.05, 3.63) is 114 Å². The van der Waals surface area contributed by atoms with E-state index in [2.05, 4.69) is 104 Å². The maximum Gasteiger partial charge on any atom is 0.0792 e. The van der Waals surface area contributed by atoms with Crippen molar-refractivity contribution in [1.82, 2.24) is 0 Å². The van der Waals surface area contributed by atoms with Crippen LogP contribution in [0.25, 0.3) is 12.2 Å². The third kappa shape index (κ3) is 3.56. The van der Waals surface area contributed by atoms with Crippen LogP contribution in [0.4, 0.5) is 5.69 Å². The van der Waals surface area contributed by atoms with Crippen molar-refractivity contribution in [2.24, 2.45) is 0 Å². The molecule has 3 aromatic carbocycles. The predicted octanol–water partition coefficient (Wildman–Crippen LogP) is 6.20. The van der Waals surface area contributed by atoms with E-state index in [0.29, 0.717) is 0 Å². The van der Waals surface area contributed by atoms with Crippen LogP contribution in [0.2, 0.25) is 0 Å². The second-order valence-corrected chi connectivity index (χ2v) is 6.06. The molecule has 0 fully saturated rings. The fourth-order valence-electron chi connectivity index (χ4n) is 3.20. The van der Waals surface area contributed by atoms with E-state index in [-0.39, 0.29) is 6.04 Å². The molecule has 124 valence electrons. The van der Waals surface area contributed by atoms with Crippen molar-refractivity contribution in [3.63, 3.8) is 0 Å². The van der Waals surface area contributed by atoms with E-state index in [9.17, 15) is 0 Å². The van der Waals surface area contributed by atoms with Gasteiger partial charge in [0, 0.05) is 12.7 Å². The van der Waals surface area contributed by atoms with Gasteiger partial charge in [-0.05, 0) is 34.4 Å². The Labute approximate surface area is 150 Å². The van der Waals surface area contributed by atoms with E-state index in [1.165, 1.54) is 11.1 Å². The second-order valence-electron chi connectivity index (χ2n) is 6.06. The molecule has 0 aliphatic rings. The first-order valence-electron chi connectivity index (χ1n) is 8.46. The smallest absolute Gasteiger partial charge is 0.0792 e. The normalized spacial score (nSPS) is 10.5. The van der Waals surface area contributed by atoms with Crippen molar-refractivity contribution in [1.29, 1.82) is 0 Å². The van der Waals surface area contributed by atoms with E-state index in [0.717, 1.165) is 16.8 Å². The lowest BCUT2D eigenvalue weighted by molar-refractivity contribution is 0.783. The molecule has 0 heterocycles. The van der Waals surface area contributed by atoms with Crippen molar-refractivity contribution in [2.45, 2.75) is 6.04 Å². The summed E-state index contributed by atoms with van der Waals surface area (Å²) in [5.41, 5.74) is 5.88. The third-order valence-corrected chi connectivity index (χ3v) is 4.54. The Bertz CT molecular complexity index is 810. The molecule has 0 saturated carbocycles. The molecule has 0 amide bonds. The Morgan fingerprint density at radius 1 is 0.720 bits per heavy atom. The van der Waals surface area contributed by atoms with Gasteiger partial charge >= 0.3 is 0 Å². The van der Waals surface area contributed by atoms with Crippen LogP contribution in [0.15, 0.2) is 92.0 Å². The fourth-order valence-corrected chi connectivity index (χ4v) is 3.20. The standard InChI is InChI=1S/C24H23N/c1-4-19-16-17-23(18-20(19)5-2)25(3)24(21-12-8-6-9-13-21)22-14-10-7-11-15-22/h4-18,24H,1-2H2,3H3. The SMILES string of the molecule is C=Cc1ccc(N(C)C(c2ccccc2)c2ccccc2)cc1C=C. The highest BCUT2D eigenvalue weighted by Gasteiger charge is 2.19. The highest BCUT2D eigenvalue weighted by atomic mass is 15.1. The lowest BCUT2D eigenvalue weighted by atomic mass is 9.96. The first-order chi connectivity index (χ1) is 12.2. The van der Waals surface area contributed by atoms with Crippen LogP contribution in [0.1, 0.15) is 28.3 Å². The molecular weight excluding hydrogens is 302 g/mol. The summed E-state index contributed by atoms with van der Waals surface area (Å²) in [6.45, 7) is 7.82. The minimum Gasteiger partial charge on any atom is -0.363 e. The van der Waals surface area contributed by atoms with Crippen LogP contribution in [0.5, 0.6) is 0 Å². The van der Waals surface area contributed by atoms with Crippen LogP contribution in [0.3, 0.4) is 0 Å². The first-order valence-corrected chi connectivity index (χ1v) is 8.46. The molecule has 3 aromatic rings. The zero-order valence-corrected chi connectivity index (χ0v) is 14.6. The van der Waals surface area contributed by atoms with Gasteiger partial charge in [0.05, 0.1) is 6.04 Å². The van der Waals surface area contributed by atoms with Crippen molar-refractivity contribution >= 4 is 17.8 Å². The molecule has 0 saturated heterocycles. The summed E-state index contributed by atoms with van der Waals surface area (Å²) in [4.78, 5) is 2.31. The van der Waals surface area contributed by atoms with Crippen LogP contribution >= 0.6 is 0 Å². The van der Waals surface area contributed by atoms with Gasteiger partial charge in [-0.15, -0.1) is 0 Å². The Balaban J connectivity index is 2.07. The summed E-state index contributed by atoms with van der Waals surface area (Å²) in [6.07, 6.45) is 3.75. The first kappa shape index (κ1) is 16.8. The number of hydrogen-bond acceptors (Lipinski definition) is 1. The van der Waals surface area contributed by atoms with E-state index in [4.69, 9.17) is 0 Å². The van der Waals surface area contributed by atoms with Gasteiger partial charge in [-0.3, -0.25) is 0 Å². The van der Waals surface area contributed by atoms with Crippen LogP contribution < -0.4 is 4.90 Å². The van der Waals surface area contributed by atoms with Gasteiger partial charge in [-0.2, -0.15) is 0 Å². The lowest BCUT2D eigenvalue weighted by Crippen LogP contribution is -2.25. The molecule has 0 aliphatic heterocycles. The Morgan fingerprint density at radius 2 is 1.24 bits per heavy atom. The highest BCUT2D eigenvalue weighted by Crippen LogP contribution is 2.32. The minimum absolute atomic E-state index is 0.148. The lowest BCUT2D eigenvalue weighted by Gasteiger charge is -2.31. The number of hydrogen-bond donors (Lipinski definition) is 0. The molecule has 25 heavy (non-hydrogen) atoms. The van der Waals surface area contributed by atoms with Gasteiger partial charge in [0.2, 0.25) is 0 Å². The number of anilines is 1. The van der Waals surface area contributed by atoms with E-state index in [1.807, 2.05) is 12.2 Å². The Kier molecular flexibility index (Phi) is 5.15. The molecule has 0 atom stereocenters. The Hall–Kier alpha value is -3.06. The maximum absolute atomic E-state index is 3.93. The van der Waals surface area contributed by atoms with Crippen LogP contribution in [-0.2, 0) is 0 Å². The quantitative estimate of drug-likeness (QED) is 0.521. The summed E-state index contributed by atoms with van der Waals surface area (Å²) in [5.74, 6) is 0. The molecule has 3 rings (SSSR count). The molecule has 1 heteroatoms. The summed E-state index contributed by atoms with van der Waals surface area (Å²) >= 11 is 0. The monoisotopic (exact) mass is 325 g/mol. The average Bonchev–Trinajstić information content (AvgIpc) is 2.69. The summed E-state index contributed by atoms with van der Waals surface area (Å²) in [6, 6.07) is 27.8. The van der Waals surface area contributed by atoms with Gasteiger partial charge in [0.25, 0.3) is 0 Å². The molecular formula is C24H23N.